The van der Waals surface area contributed by atoms with Crippen LogP contribution in [0.4, 0.5) is 0 Å². The Kier molecular flexibility index (Phi) is 4.46. The Morgan fingerprint density at radius 2 is 2.20 bits per heavy atom. The van der Waals surface area contributed by atoms with Gasteiger partial charge in [0.25, 0.3) is 0 Å². The van der Waals surface area contributed by atoms with Crippen LogP contribution in [0.2, 0.25) is 0 Å². The van der Waals surface area contributed by atoms with E-state index < -0.39 is 11.0 Å². The zero-order valence-electron chi connectivity index (χ0n) is 9.20. The molecule has 0 unspecified atom stereocenters. The Hall–Kier alpha value is 0.220. The van der Waals surface area contributed by atoms with Gasteiger partial charge in [-0.3, -0.25) is 0 Å². The molecule has 3 nitrogen and oxygen atoms in total. The molecular formula is C9H15BrN2OS2. The molecule has 0 aliphatic rings. The zero-order chi connectivity index (χ0) is 11.6. The number of aromatic nitrogens is 1. The number of halogens is 1. The lowest BCUT2D eigenvalue weighted by molar-refractivity contribution is 0.618. The molecule has 0 fully saturated rings. The first-order valence-corrected chi connectivity index (χ1v) is 7.36. The van der Waals surface area contributed by atoms with Gasteiger partial charge >= 0.3 is 0 Å². The largest absolute Gasteiger partial charge is 0.242 e. The van der Waals surface area contributed by atoms with Gasteiger partial charge in [0.1, 0.15) is 0 Å². The average molecular weight is 311 g/mol. The lowest BCUT2D eigenvalue weighted by Gasteiger charge is -2.21. The first-order valence-electron chi connectivity index (χ1n) is 4.60. The Morgan fingerprint density at radius 3 is 2.60 bits per heavy atom. The minimum Gasteiger partial charge on any atom is -0.242 e. The van der Waals surface area contributed by atoms with Gasteiger partial charge in [-0.2, -0.15) is 0 Å². The van der Waals surface area contributed by atoms with Crippen LogP contribution in [-0.4, -0.2) is 13.9 Å². The first-order chi connectivity index (χ1) is 6.80. The topological polar surface area (TPSA) is 42.0 Å². The van der Waals surface area contributed by atoms with Crippen LogP contribution in [0.3, 0.4) is 0 Å². The van der Waals surface area contributed by atoms with Crippen LogP contribution in [0.25, 0.3) is 0 Å². The van der Waals surface area contributed by atoms with E-state index in [9.17, 15) is 4.21 Å². The molecule has 1 N–H and O–H groups in total. The van der Waals surface area contributed by atoms with Crippen molar-refractivity contribution in [3.8, 4) is 0 Å². The molecular weight excluding hydrogens is 296 g/mol. The van der Waals surface area contributed by atoms with Crippen LogP contribution in [0.15, 0.2) is 10.1 Å². The Balaban J connectivity index is 2.64. The summed E-state index contributed by atoms with van der Waals surface area (Å²) in [5, 5.41) is 0. The fourth-order valence-electron chi connectivity index (χ4n) is 0.860. The molecule has 0 spiro atoms. The molecule has 0 aliphatic carbocycles. The molecule has 86 valence electrons. The second kappa shape index (κ2) is 5.03. The standard InChI is InChI=1S/C9H15BrN2OS2/c1-6(7-5-11-8(10)14-7)12-15(13)9(2,3)4/h5-6,12H,1-4H3/t6-,15+/m1/s1. The SMILES string of the molecule is C[C@@H](N[S@@](=O)C(C)(C)C)c1cnc(Br)s1. The van der Waals surface area contributed by atoms with Gasteiger partial charge < -0.3 is 0 Å². The van der Waals surface area contributed by atoms with E-state index in [4.69, 9.17) is 0 Å². The molecule has 2 atom stereocenters. The second-order valence-electron chi connectivity index (χ2n) is 4.24. The minimum absolute atomic E-state index is 0.0638. The molecule has 0 saturated heterocycles. The fraction of sp³-hybridized carbons (Fsp3) is 0.667. The van der Waals surface area contributed by atoms with Gasteiger partial charge in [-0.25, -0.2) is 13.9 Å². The van der Waals surface area contributed by atoms with Crippen molar-refractivity contribution in [2.45, 2.75) is 38.5 Å². The van der Waals surface area contributed by atoms with Crippen LogP contribution in [0, 0.1) is 0 Å². The zero-order valence-corrected chi connectivity index (χ0v) is 12.4. The number of hydrogen-bond donors (Lipinski definition) is 1. The van der Waals surface area contributed by atoms with Crippen molar-refractivity contribution in [2.24, 2.45) is 0 Å². The number of nitrogens with one attached hydrogen (secondary N) is 1. The molecule has 0 radical (unpaired) electrons. The molecule has 15 heavy (non-hydrogen) atoms. The Morgan fingerprint density at radius 1 is 1.60 bits per heavy atom. The molecule has 1 heterocycles. The van der Waals surface area contributed by atoms with Crippen LogP contribution < -0.4 is 4.72 Å². The number of hydrogen-bond acceptors (Lipinski definition) is 3. The van der Waals surface area contributed by atoms with Gasteiger partial charge in [0, 0.05) is 11.1 Å². The summed E-state index contributed by atoms with van der Waals surface area (Å²) >= 11 is 4.87. The molecule has 1 rings (SSSR count). The lowest BCUT2D eigenvalue weighted by Crippen LogP contribution is -2.34. The van der Waals surface area contributed by atoms with Crippen molar-refractivity contribution < 1.29 is 4.21 Å². The molecule has 1 aromatic rings. The van der Waals surface area contributed by atoms with Gasteiger partial charge in [-0.15, -0.1) is 11.3 Å². The van der Waals surface area contributed by atoms with Gasteiger partial charge in [0.05, 0.1) is 21.8 Å². The summed E-state index contributed by atoms with van der Waals surface area (Å²) in [5.41, 5.74) is 0. The predicted octanol–water partition coefficient (Wildman–Crippen LogP) is 3.02. The summed E-state index contributed by atoms with van der Waals surface area (Å²) < 4.78 is 15.5. The van der Waals surface area contributed by atoms with Crippen molar-refractivity contribution in [3.63, 3.8) is 0 Å². The maximum atomic E-state index is 11.8. The van der Waals surface area contributed by atoms with Gasteiger partial charge in [0.15, 0.2) is 3.92 Å². The van der Waals surface area contributed by atoms with E-state index in [0.29, 0.717) is 0 Å². The molecule has 0 saturated carbocycles. The first kappa shape index (κ1) is 13.3. The summed E-state index contributed by atoms with van der Waals surface area (Å²) in [6.07, 6.45) is 1.80. The summed E-state index contributed by atoms with van der Waals surface area (Å²) in [7, 11) is -1.05. The minimum atomic E-state index is -1.05. The Labute approximate surface area is 105 Å². The average Bonchev–Trinajstić information content (AvgIpc) is 2.50. The maximum Gasteiger partial charge on any atom is 0.159 e. The third kappa shape index (κ3) is 3.94. The molecule has 1 aromatic heterocycles. The lowest BCUT2D eigenvalue weighted by atomic mass is 10.3. The monoisotopic (exact) mass is 310 g/mol. The predicted molar refractivity (Wildman–Crippen MR) is 69.3 cm³/mol. The van der Waals surface area contributed by atoms with Crippen LogP contribution in [0.1, 0.15) is 38.6 Å². The number of rotatable bonds is 3. The quantitative estimate of drug-likeness (QED) is 0.932. The van der Waals surface area contributed by atoms with E-state index in [2.05, 4.69) is 25.6 Å². The van der Waals surface area contributed by atoms with E-state index in [1.807, 2.05) is 27.7 Å². The van der Waals surface area contributed by atoms with Gasteiger partial charge in [-0.05, 0) is 43.6 Å². The summed E-state index contributed by atoms with van der Waals surface area (Å²) in [6.45, 7) is 7.84. The second-order valence-corrected chi connectivity index (χ2v) is 8.57. The summed E-state index contributed by atoms with van der Waals surface area (Å²) in [6, 6.07) is 0.0638. The van der Waals surface area contributed by atoms with Crippen LogP contribution >= 0.6 is 27.3 Å². The van der Waals surface area contributed by atoms with Gasteiger partial charge in [0.2, 0.25) is 0 Å². The molecule has 0 aliphatic heterocycles. The van der Waals surface area contributed by atoms with E-state index in [1.54, 1.807) is 17.5 Å². The molecule has 0 aromatic carbocycles. The van der Waals surface area contributed by atoms with Crippen LogP contribution in [-0.2, 0) is 11.0 Å². The van der Waals surface area contributed by atoms with Crippen LogP contribution in [0.5, 0.6) is 0 Å². The van der Waals surface area contributed by atoms with Crippen molar-refractivity contribution in [2.75, 3.05) is 0 Å². The fourth-order valence-corrected chi connectivity index (χ4v) is 3.04. The highest BCUT2D eigenvalue weighted by molar-refractivity contribution is 9.11. The maximum absolute atomic E-state index is 11.8. The Bertz CT molecular complexity index is 359. The summed E-state index contributed by atoms with van der Waals surface area (Å²) in [4.78, 5) is 5.19. The van der Waals surface area contributed by atoms with E-state index >= 15 is 0 Å². The van der Waals surface area contributed by atoms with E-state index in [1.165, 1.54) is 0 Å². The summed E-state index contributed by atoms with van der Waals surface area (Å²) in [5.74, 6) is 0. The highest BCUT2D eigenvalue weighted by Crippen LogP contribution is 2.25. The number of thiazole rings is 1. The third-order valence-electron chi connectivity index (χ3n) is 1.76. The highest BCUT2D eigenvalue weighted by atomic mass is 79.9. The van der Waals surface area contributed by atoms with Crippen molar-refractivity contribution in [1.29, 1.82) is 0 Å². The van der Waals surface area contributed by atoms with Crippen molar-refractivity contribution >= 4 is 38.3 Å². The van der Waals surface area contributed by atoms with E-state index in [0.717, 1.165) is 8.79 Å². The molecule has 6 heteroatoms. The van der Waals surface area contributed by atoms with E-state index in [-0.39, 0.29) is 10.8 Å². The molecule has 0 bridgehead atoms. The van der Waals surface area contributed by atoms with Gasteiger partial charge in [-0.1, -0.05) is 0 Å². The highest BCUT2D eigenvalue weighted by Gasteiger charge is 2.22. The van der Waals surface area contributed by atoms with Crippen molar-refractivity contribution in [1.82, 2.24) is 9.71 Å². The molecule has 0 amide bonds. The third-order valence-corrected chi connectivity index (χ3v) is 5.10. The normalized spacial score (nSPS) is 16.3. The number of nitrogens with zero attached hydrogens (tertiary/aromatic N) is 1. The van der Waals surface area contributed by atoms with Crippen molar-refractivity contribution in [3.05, 3.63) is 15.0 Å². The smallest absolute Gasteiger partial charge is 0.159 e.